The van der Waals surface area contributed by atoms with Crippen molar-refractivity contribution in [2.45, 2.75) is 25.0 Å². The molecule has 0 aromatic rings. The Morgan fingerprint density at radius 2 is 1.46 bits per heavy atom. The van der Waals surface area contributed by atoms with Crippen molar-refractivity contribution in [1.82, 2.24) is 0 Å². The van der Waals surface area contributed by atoms with Crippen molar-refractivity contribution < 1.29 is 0 Å². The highest BCUT2D eigenvalue weighted by molar-refractivity contribution is 6.86. The molecule has 0 fully saturated rings. The molecule has 1 unspecified atom stereocenters. The molecule has 0 aliphatic heterocycles. The van der Waals surface area contributed by atoms with E-state index >= 15 is 0 Å². The van der Waals surface area contributed by atoms with Crippen LogP contribution in [0.25, 0.3) is 0 Å². The third-order valence-corrected chi connectivity index (χ3v) is 6.35. The van der Waals surface area contributed by atoms with Gasteiger partial charge in [-0.2, -0.15) is 0 Å². The van der Waals surface area contributed by atoms with Gasteiger partial charge in [0.05, 0.1) is 28.5 Å². The molecule has 0 N–H and O–H groups in total. The minimum atomic E-state index is -1.53. The van der Waals surface area contributed by atoms with Crippen LogP contribution < -0.4 is 0 Å². The fourth-order valence-corrected chi connectivity index (χ4v) is 5.98. The first-order chi connectivity index (χ1) is 5.76. The second kappa shape index (κ2) is 3.78. The number of hydrogen-bond donors (Lipinski definition) is 0. The molecule has 0 aromatic carbocycles. The lowest BCUT2D eigenvalue weighted by Gasteiger charge is -2.22. The van der Waals surface area contributed by atoms with E-state index < -0.39 is 8.07 Å². The highest BCUT2D eigenvalue weighted by Gasteiger charge is 2.37. The summed E-state index contributed by atoms with van der Waals surface area (Å²) in [5, 5.41) is 2.16. The van der Waals surface area contributed by atoms with Crippen LogP contribution in [0.3, 0.4) is 0 Å². The smallest absolute Gasteiger partial charge is 0.0900 e. The highest BCUT2D eigenvalue weighted by atomic mass is 35.5. The molecule has 0 nitrogen and oxygen atoms in total. The van der Waals surface area contributed by atoms with E-state index in [9.17, 15) is 0 Å². The summed E-state index contributed by atoms with van der Waals surface area (Å²) in [6.45, 7) is 6.50. The maximum Gasteiger partial charge on any atom is 0.0900 e. The molecule has 5 heteroatoms. The fraction of sp³-hybridized carbons (Fsp3) is 0.500. The Kier molecular flexibility index (Phi) is 3.47. The molecule has 0 heterocycles. The first kappa shape index (κ1) is 11.9. The molecule has 0 amide bonds. The molecule has 74 valence electrons. The van der Waals surface area contributed by atoms with Crippen LogP contribution in [0.2, 0.25) is 19.6 Å². The predicted octanol–water partition coefficient (Wildman–Crippen LogP) is 4.67. The van der Waals surface area contributed by atoms with Crippen molar-refractivity contribution in [2.75, 3.05) is 0 Å². The first-order valence-electron chi connectivity index (χ1n) is 3.86. The SMILES string of the molecule is C[Si](C)(C)C1=C(Cl)C(Cl)=C(Cl)C1Cl. The van der Waals surface area contributed by atoms with Crippen molar-refractivity contribution in [3.8, 4) is 0 Å². The van der Waals surface area contributed by atoms with Crippen LogP contribution >= 0.6 is 46.4 Å². The Bertz CT molecular complexity index is 298. The van der Waals surface area contributed by atoms with Crippen LogP contribution in [0.4, 0.5) is 0 Å². The predicted molar refractivity (Wildman–Crippen MR) is 64.6 cm³/mol. The highest BCUT2D eigenvalue weighted by Crippen LogP contribution is 2.45. The van der Waals surface area contributed by atoms with E-state index in [1.54, 1.807) is 0 Å². The van der Waals surface area contributed by atoms with Gasteiger partial charge in [-0.1, -0.05) is 54.4 Å². The van der Waals surface area contributed by atoms with E-state index in [2.05, 4.69) is 19.6 Å². The van der Waals surface area contributed by atoms with Gasteiger partial charge in [-0.3, -0.25) is 0 Å². The first-order valence-corrected chi connectivity index (χ1v) is 8.93. The van der Waals surface area contributed by atoms with E-state index in [1.165, 1.54) is 0 Å². The zero-order valence-corrected chi connectivity index (χ0v) is 11.6. The molecule has 1 atom stereocenters. The number of alkyl halides is 1. The lowest BCUT2D eigenvalue weighted by atomic mass is 10.4. The van der Waals surface area contributed by atoms with E-state index in [0.29, 0.717) is 15.1 Å². The van der Waals surface area contributed by atoms with Crippen molar-refractivity contribution in [3.05, 3.63) is 20.3 Å². The van der Waals surface area contributed by atoms with E-state index in [1.807, 2.05) is 0 Å². The zero-order valence-electron chi connectivity index (χ0n) is 7.59. The van der Waals surface area contributed by atoms with Crippen molar-refractivity contribution in [1.29, 1.82) is 0 Å². The van der Waals surface area contributed by atoms with Crippen LogP contribution in [-0.4, -0.2) is 13.5 Å². The topological polar surface area (TPSA) is 0 Å². The largest absolute Gasteiger partial charge is 0.112 e. The molecule has 0 spiro atoms. The fourth-order valence-electron chi connectivity index (χ4n) is 1.28. The third-order valence-electron chi connectivity index (χ3n) is 1.92. The van der Waals surface area contributed by atoms with Crippen molar-refractivity contribution in [2.24, 2.45) is 0 Å². The van der Waals surface area contributed by atoms with E-state index in [4.69, 9.17) is 46.4 Å². The van der Waals surface area contributed by atoms with Gasteiger partial charge in [0, 0.05) is 0 Å². The summed E-state index contributed by atoms with van der Waals surface area (Å²) in [4.78, 5) is 0. The van der Waals surface area contributed by atoms with Crippen LogP contribution in [0.1, 0.15) is 0 Å². The van der Waals surface area contributed by atoms with Gasteiger partial charge in [-0.05, 0) is 5.20 Å². The number of rotatable bonds is 1. The van der Waals surface area contributed by atoms with Gasteiger partial charge in [0.25, 0.3) is 0 Å². The summed E-state index contributed by atoms with van der Waals surface area (Å²) in [7, 11) is -1.53. The van der Waals surface area contributed by atoms with Crippen molar-refractivity contribution >= 4 is 54.5 Å². The Labute approximate surface area is 99.5 Å². The minimum absolute atomic E-state index is 0.312. The van der Waals surface area contributed by atoms with Gasteiger partial charge in [0.15, 0.2) is 0 Å². The van der Waals surface area contributed by atoms with Crippen LogP contribution in [0, 0.1) is 0 Å². The molecule has 0 saturated heterocycles. The minimum Gasteiger partial charge on any atom is -0.112 e. The summed E-state index contributed by atoms with van der Waals surface area (Å²) >= 11 is 24.0. The van der Waals surface area contributed by atoms with Crippen LogP contribution in [0.15, 0.2) is 20.3 Å². The lowest BCUT2D eigenvalue weighted by Crippen LogP contribution is -2.29. The normalized spacial score (nSPS) is 24.7. The zero-order chi connectivity index (χ0) is 10.4. The third kappa shape index (κ3) is 2.10. The van der Waals surface area contributed by atoms with Gasteiger partial charge in [0.2, 0.25) is 0 Å². The number of halogens is 4. The molecule has 13 heavy (non-hydrogen) atoms. The number of allylic oxidation sites excluding steroid dienone is 4. The number of hydrogen-bond acceptors (Lipinski definition) is 0. The molecule has 0 bridgehead atoms. The Morgan fingerprint density at radius 3 is 1.62 bits per heavy atom. The molecule has 0 aromatic heterocycles. The summed E-state index contributed by atoms with van der Waals surface area (Å²) in [6, 6.07) is 0. The maximum absolute atomic E-state index is 6.12. The molecule has 1 rings (SSSR count). The van der Waals surface area contributed by atoms with Crippen LogP contribution in [-0.2, 0) is 0 Å². The molecule has 1 aliphatic carbocycles. The van der Waals surface area contributed by atoms with Crippen LogP contribution in [0.5, 0.6) is 0 Å². The molecule has 0 radical (unpaired) electrons. The molecular weight excluding hydrogens is 266 g/mol. The molecular formula is C8H10Cl4Si. The van der Waals surface area contributed by atoms with E-state index in [-0.39, 0.29) is 5.38 Å². The molecule has 1 aliphatic rings. The van der Waals surface area contributed by atoms with Crippen molar-refractivity contribution in [3.63, 3.8) is 0 Å². The van der Waals surface area contributed by atoms with Gasteiger partial charge >= 0.3 is 0 Å². The Morgan fingerprint density at radius 1 is 1.00 bits per heavy atom. The average Bonchev–Trinajstić information content (AvgIpc) is 2.14. The Balaban J connectivity index is 3.19. The molecule has 0 saturated carbocycles. The summed E-state index contributed by atoms with van der Waals surface area (Å²) in [6.07, 6.45) is 0. The summed E-state index contributed by atoms with van der Waals surface area (Å²) < 4.78 is 0. The maximum atomic E-state index is 6.12. The second-order valence-corrected chi connectivity index (χ2v) is 10.6. The Hall–Kier alpha value is 0.857. The standard InChI is InChI=1S/C8H10Cl4Si/c1-13(2,3)8-6(11)4(9)5(10)7(8)12/h6H,1-3H3. The van der Waals surface area contributed by atoms with Gasteiger partial charge in [0.1, 0.15) is 0 Å². The summed E-state index contributed by atoms with van der Waals surface area (Å²) in [5.74, 6) is 0. The van der Waals surface area contributed by atoms with Gasteiger partial charge in [-0.25, -0.2) is 0 Å². The summed E-state index contributed by atoms with van der Waals surface area (Å²) in [5.41, 5.74) is 0. The van der Waals surface area contributed by atoms with Gasteiger partial charge < -0.3 is 0 Å². The lowest BCUT2D eigenvalue weighted by molar-refractivity contribution is 1.32. The van der Waals surface area contributed by atoms with Gasteiger partial charge in [-0.15, -0.1) is 11.6 Å². The quantitative estimate of drug-likeness (QED) is 0.482. The van der Waals surface area contributed by atoms with E-state index in [0.717, 1.165) is 5.20 Å². The average molecular weight is 276 g/mol. The monoisotopic (exact) mass is 274 g/mol. The second-order valence-electron chi connectivity index (χ2n) is 4.00.